The van der Waals surface area contributed by atoms with Gasteiger partial charge in [-0.25, -0.2) is 4.98 Å². The van der Waals surface area contributed by atoms with Crippen LogP contribution in [0.2, 0.25) is 0 Å². The minimum Gasteiger partial charge on any atom is -0.295 e. The van der Waals surface area contributed by atoms with Crippen LogP contribution in [-0.4, -0.2) is 15.3 Å². The summed E-state index contributed by atoms with van der Waals surface area (Å²) in [5, 5.41) is 0.671. The van der Waals surface area contributed by atoms with E-state index >= 15 is 0 Å². The van der Waals surface area contributed by atoms with Crippen LogP contribution in [0.3, 0.4) is 0 Å². The maximum Gasteiger partial charge on any atom is 0.261 e. The standard InChI is InChI=1S/C16H14N2O2/c19-11-5-7-16(8-6-11)9-10-18-14(20)12-3-1-2-4-13(12)17-15(16)18/h1-5,7H,6,8-10H2. The quantitative estimate of drug-likeness (QED) is 0.732. The van der Waals surface area contributed by atoms with Crippen molar-refractivity contribution in [2.75, 3.05) is 0 Å². The van der Waals surface area contributed by atoms with Gasteiger partial charge in [-0.3, -0.25) is 14.2 Å². The molecule has 0 radical (unpaired) electrons. The number of para-hydroxylation sites is 1. The second-order valence-corrected chi connectivity index (χ2v) is 5.62. The third kappa shape index (κ3) is 1.45. The molecule has 4 rings (SSSR count). The fraction of sp³-hybridized carbons (Fsp3) is 0.312. The van der Waals surface area contributed by atoms with Gasteiger partial charge < -0.3 is 0 Å². The van der Waals surface area contributed by atoms with E-state index in [2.05, 4.69) is 0 Å². The van der Waals surface area contributed by atoms with E-state index in [0.717, 1.165) is 24.2 Å². The van der Waals surface area contributed by atoms with Crippen molar-refractivity contribution < 1.29 is 4.79 Å². The van der Waals surface area contributed by atoms with Crippen LogP contribution in [0, 0.1) is 0 Å². The zero-order chi connectivity index (χ0) is 13.7. The molecule has 0 saturated carbocycles. The highest BCUT2D eigenvalue weighted by Crippen LogP contribution is 2.40. The molecule has 2 aliphatic rings. The number of nitrogens with zero attached hydrogens (tertiary/aromatic N) is 2. The molecule has 4 heteroatoms. The third-order valence-electron chi connectivity index (χ3n) is 4.49. The first-order chi connectivity index (χ1) is 9.70. The maximum atomic E-state index is 12.5. The Balaban J connectivity index is 2.01. The van der Waals surface area contributed by atoms with Gasteiger partial charge in [-0.1, -0.05) is 18.2 Å². The summed E-state index contributed by atoms with van der Waals surface area (Å²) in [6.07, 6.45) is 5.76. The Morgan fingerprint density at radius 2 is 2.00 bits per heavy atom. The van der Waals surface area contributed by atoms with E-state index in [1.807, 2.05) is 30.3 Å². The Kier molecular flexibility index (Phi) is 2.25. The molecule has 0 fully saturated rings. The predicted molar refractivity (Wildman–Crippen MR) is 75.7 cm³/mol. The van der Waals surface area contributed by atoms with Gasteiger partial charge in [0.25, 0.3) is 5.56 Å². The Bertz CT molecular complexity index is 819. The van der Waals surface area contributed by atoms with Crippen molar-refractivity contribution >= 4 is 16.7 Å². The first-order valence-corrected chi connectivity index (χ1v) is 6.92. The minimum absolute atomic E-state index is 0.0350. The lowest BCUT2D eigenvalue weighted by Gasteiger charge is -2.27. The van der Waals surface area contributed by atoms with E-state index in [9.17, 15) is 9.59 Å². The van der Waals surface area contributed by atoms with Gasteiger partial charge in [0, 0.05) is 18.4 Å². The largest absolute Gasteiger partial charge is 0.295 e. The summed E-state index contributed by atoms with van der Waals surface area (Å²) in [5.74, 6) is 0.988. The monoisotopic (exact) mass is 266 g/mol. The molecule has 2 aromatic rings. The first kappa shape index (κ1) is 11.6. The van der Waals surface area contributed by atoms with Crippen molar-refractivity contribution in [3.05, 3.63) is 52.6 Å². The molecule has 4 nitrogen and oxygen atoms in total. The van der Waals surface area contributed by atoms with Crippen molar-refractivity contribution in [3.8, 4) is 0 Å². The van der Waals surface area contributed by atoms with Crippen LogP contribution in [0.4, 0.5) is 0 Å². The molecule has 2 heterocycles. The summed E-state index contributed by atoms with van der Waals surface area (Å²) < 4.78 is 1.78. The average Bonchev–Trinajstić information content (AvgIpc) is 2.82. The summed E-state index contributed by atoms with van der Waals surface area (Å²) >= 11 is 0. The Morgan fingerprint density at radius 3 is 2.80 bits per heavy atom. The van der Waals surface area contributed by atoms with Crippen LogP contribution in [-0.2, 0) is 16.8 Å². The molecule has 1 aromatic heterocycles. The zero-order valence-corrected chi connectivity index (χ0v) is 11.0. The lowest BCUT2D eigenvalue weighted by Crippen LogP contribution is -2.29. The number of allylic oxidation sites excluding steroid dienone is 2. The molecule has 20 heavy (non-hydrogen) atoms. The molecule has 1 spiro atoms. The summed E-state index contributed by atoms with van der Waals surface area (Å²) in [6.45, 7) is 0.685. The third-order valence-corrected chi connectivity index (χ3v) is 4.49. The summed E-state index contributed by atoms with van der Waals surface area (Å²) in [5.41, 5.74) is 0.556. The van der Waals surface area contributed by atoms with Crippen LogP contribution in [0.15, 0.2) is 41.2 Å². The van der Waals surface area contributed by atoms with Gasteiger partial charge >= 0.3 is 0 Å². The van der Waals surface area contributed by atoms with Gasteiger partial charge in [-0.05, 0) is 31.1 Å². The van der Waals surface area contributed by atoms with Crippen molar-refractivity contribution in [2.24, 2.45) is 0 Å². The molecule has 1 aliphatic carbocycles. The van der Waals surface area contributed by atoms with E-state index < -0.39 is 0 Å². The highest BCUT2D eigenvalue weighted by atomic mass is 16.1. The molecular formula is C16H14N2O2. The number of aromatic nitrogens is 2. The normalized spacial score (nSPS) is 24.5. The minimum atomic E-state index is -0.225. The number of fused-ring (bicyclic) bond motifs is 3. The number of benzene rings is 1. The SMILES string of the molecule is O=C1C=CC2(CC1)CCn1c2nc2ccccc2c1=O. The molecular weight excluding hydrogens is 252 g/mol. The Morgan fingerprint density at radius 1 is 1.15 bits per heavy atom. The van der Waals surface area contributed by atoms with Gasteiger partial charge in [-0.15, -0.1) is 0 Å². The van der Waals surface area contributed by atoms with Crippen molar-refractivity contribution in [1.29, 1.82) is 0 Å². The maximum absolute atomic E-state index is 12.5. The topological polar surface area (TPSA) is 52.0 Å². The van der Waals surface area contributed by atoms with Crippen LogP contribution >= 0.6 is 0 Å². The molecule has 0 bridgehead atoms. The summed E-state index contributed by atoms with van der Waals surface area (Å²) in [4.78, 5) is 28.7. The van der Waals surface area contributed by atoms with E-state index in [-0.39, 0.29) is 16.8 Å². The molecule has 0 N–H and O–H groups in total. The van der Waals surface area contributed by atoms with Crippen molar-refractivity contribution in [2.45, 2.75) is 31.2 Å². The second kappa shape index (κ2) is 3.88. The molecule has 1 unspecified atom stereocenters. The van der Waals surface area contributed by atoms with E-state index in [1.165, 1.54) is 0 Å². The molecule has 1 aromatic carbocycles. The Labute approximate surface area is 115 Å². The van der Waals surface area contributed by atoms with Gasteiger partial charge in [0.2, 0.25) is 0 Å². The predicted octanol–water partition coefficient (Wildman–Crippen LogP) is 1.96. The van der Waals surface area contributed by atoms with Crippen LogP contribution < -0.4 is 5.56 Å². The molecule has 0 saturated heterocycles. The number of rotatable bonds is 0. The molecule has 1 atom stereocenters. The van der Waals surface area contributed by atoms with E-state index in [1.54, 1.807) is 10.6 Å². The lowest BCUT2D eigenvalue weighted by molar-refractivity contribution is -0.115. The highest BCUT2D eigenvalue weighted by Gasteiger charge is 2.41. The average molecular weight is 266 g/mol. The second-order valence-electron chi connectivity index (χ2n) is 5.62. The number of carbonyl (C=O) groups excluding carboxylic acids is 1. The van der Waals surface area contributed by atoms with Gasteiger partial charge in [0.05, 0.1) is 10.9 Å². The van der Waals surface area contributed by atoms with E-state index in [4.69, 9.17) is 4.98 Å². The van der Waals surface area contributed by atoms with Gasteiger partial charge in [0.15, 0.2) is 5.78 Å². The molecule has 0 amide bonds. The van der Waals surface area contributed by atoms with Gasteiger partial charge in [-0.2, -0.15) is 0 Å². The highest BCUT2D eigenvalue weighted by molar-refractivity contribution is 5.91. The number of hydrogen-bond donors (Lipinski definition) is 0. The molecule has 1 aliphatic heterocycles. The lowest BCUT2D eigenvalue weighted by atomic mass is 9.77. The fourth-order valence-electron chi connectivity index (χ4n) is 3.34. The fourth-order valence-corrected chi connectivity index (χ4v) is 3.34. The number of carbonyl (C=O) groups is 1. The first-order valence-electron chi connectivity index (χ1n) is 6.92. The summed E-state index contributed by atoms with van der Waals surface area (Å²) in [7, 11) is 0. The summed E-state index contributed by atoms with van der Waals surface area (Å²) in [6, 6.07) is 7.46. The van der Waals surface area contributed by atoms with Crippen LogP contribution in [0.1, 0.15) is 25.1 Å². The van der Waals surface area contributed by atoms with Crippen LogP contribution in [0.5, 0.6) is 0 Å². The smallest absolute Gasteiger partial charge is 0.261 e. The zero-order valence-electron chi connectivity index (χ0n) is 11.0. The molecule has 100 valence electrons. The van der Waals surface area contributed by atoms with E-state index in [0.29, 0.717) is 18.4 Å². The van der Waals surface area contributed by atoms with Crippen LogP contribution in [0.25, 0.3) is 10.9 Å². The van der Waals surface area contributed by atoms with Gasteiger partial charge in [0.1, 0.15) is 5.82 Å². The Hall–Kier alpha value is -2.23. The van der Waals surface area contributed by atoms with Crippen molar-refractivity contribution in [3.63, 3.8) is 0 Å². The van der Waals surface area contributed by atoms with Crippen molar-refractivity contribution in [1.82, 2.24) is 9.55 Å². The number of ketones is 1. The number of hydrogen-bond acceptors (Lipinski definition) is 3.